The van der Waals surface area contributed by atoms with Gasteiger partial charge < -0.3 is 10.2 Å². The van der Waals surface area contributed by atoms with Crippen molar-refractivity contribution in [3.8, 4) is 0 Å². The van der Waals surface area contributed by atoms with Crippen molar-refractivity contribution in [2.45, 2.75) is 39.3 Å². The smallest absolute Gasteiger partial charge is 0.225 e. The van der Waals surface area contributed by atoms with E-state index in [2.05, 4.69) is 39.2 Å². The lowest BCUT2D eigenvalue weighted by atomic mass is 10.1. The summed E-state index contributed by atoms with van der Waals surface area (Å²) in [7, 11) is -2.93. The second kappa shape index (κ2) is 7.61. The zero-order chi connectivity index (χ0) is 18.7. The van der Waals surface area contributed by atoms with Gasteiger partial charge in [0.15, 0.2) is 9.84 Å². The Hall–Kier alpha value is -2.15. The number of hydrogen-bond acceptors (Lipinski definition) is 6. The molecule has 1 N–H and O–H groups in total. The standard InChI is InChI=1S/C19H26N4O2S/c1-4-23(17-10-11-26(24,25)13-17)18-12-14(2)20-19(22-18)21-15(3)16-8-6-5-7-9-16/h5-9,12,15,17H,4,10-11,13H2,1-3H3,(H,20,21,22). The van der Waals surface area contributed by atoms with Gasteiger partial charge in [-0.3, -0.25) is 0 Å². The van der Waals surface area contributed by atoms with E-state index in [4.69, 9.17) is 0 Å². The fourth-order valence-electron chi connectivity index (χ4n) is 3.41. The lowest BCUT2D eigenvalue weighted by Crippen LogP contribution is -2.37. The van der Waals surface area contributed by atoms with Crippen LogP contribution in [0.1, 0.15) is 37.6 Å². The molecule has 2 heterocycles. The molecule has 1 fully saturated rings. The highest BCUT2D eigenvalue weighted by atomic mass is 32.2. The SMILES string of the molecule is CCN(c1cc(C)nc(NC(C)c2ccccc2)n1)C1CCS(=O)(=O)C1. The summed E-state index contributed by atoms with van der Waals surface area (Å²) in [6.07, 6.45) is 0.655. The van der Waals surface area contributed by atoms with E-state index in [1.165, 1.54) is 0 Å². The molecule has 2 aromatic rings. The minimum absolute atomic E-state index is 0.0151. The molecular formula is C19H26N4O2S. The molecule has 26 heavy (non-hydrogen) atoms. The maximum Gasteiger partial charge on any atom is 0.225 e. The predicted molar refractivity (Wildman–Crippen MR) is 105 cm³/mol. The van der Waals surface area contributed by atoms with Gasteiger partial charge in [-0.05, 0) is 32.8 Å². The summed E-state index contributed by atoms with van der Waals surface area (Å²) in [4.78, 5) is 11.3. The molecule has 6 nitrogen and oxygen atoms in total. The van der Waals surface area contributed by atoms with E-state index >= 15 is 0 Å². The largest absolute Gasteiger partial charge is 0.353 e. The first kappa shape index (κ1) is 18.6. The minimum Gasteiger partial charge on any atom is -0.353 e. The summed E-state index contributed by atoms with van der Waals surface area (Å²) in [5.74, 6) is 1.81. The molecule has 0 saturated carbocycles. The topological polar surface area (TPSA) is 75.2 Å². The highest BCUT2D eigenvalue weighted by molar-refractivity contribution is 7.91. The molecule has 0 radical (unpaired) electrons. The van der Waals surface area contributed by atoms with E-state index in [-0.39, 0.29) is 23.6 Å². The third-order valence-corrected chi connectivity index (χ3v) is 6.52. The Morgan fingerprint density at radius 3 is 2.62 bits per heavy atom. The zero-order valence-electron chi connectivity index (χ0n) is 15.5. The van der Waals surface area contributed by atoms with Crippen molar-refractivity contribution in [2.24, 2.45) is 0 Å². The Morgan fingerprint density at radius 1 is 1.27 bits per heavy atom. The average Bonchev–Trinajstić information content (AvgIpc) is 2.95. The fourth-order valence-corrected chi connectivity index (χ4v) is 5.14. The van der Waals surface area contributed by atoms with Crippen molar-refractivity contribution in [3.05, 3.63) is 47.7 Å². The number of nitrogens with zero attached hydrogens (tertiary/aromatic N) is 3. The predicted octanol–water partition coefficient (Wildman–Crippen LogP) is 2.97. The monoisotopic (exact) mass is 374 g/mol. The van der Waals surface area contributed by atoms with Crippen molar-refractivity contribution >= 4 is 21.6 Å². The molecular weight excluding hydrogens is 348 g/mol. The number of aryl methyl sites for hydroxylation is 1. The third-order valence-electron chi connectivity index (χ3n) is 4.77. The molecule has 1 aliphatic rings. The van der Waals surface area contributed by atoms with Crippen LogP contribution in [0.15, 0.2) is 36.4 Å². The maximum absolute atomic E-state index is 11.9. The van der Waals surface area contributed by atoms with Gasteiger partial charge in [0.05, 0.1) is 17.5 Å². The number of aromatic nitrogens is 2. The zero-order valence-corrected chi connectivity index (χ0v) is 16.3. The molecule has 3 rings (SSSR count). The van der Waals surface area contributed by atoms with Crippen molar-refractivity contribution in [3.63, 3.8) is 0 Å². The summed E-state index contributed by atoms with van der Waals surface area (Å²) in [6, 6.07) is 12.1. The van der Waals surface area contributed by atoms with Crippen LogP contribution in [0.5, 0.6) is 0 Å². The number of hydrogen-bond donors (Lipinski definition) is 1. The molecule has 0 amide bonds. The van der Waals surface area contributed by atoms with Crippen LogP contribution in [0.3, 0.4) is 0 Å². The molecule has 1 saturated heterocycles. The summed E-state index contributed by atoms with van der Waals surface area (Å²) in [5.41, 5.74) is 2.02. The molecule has 7 heteroatoms. The number of sulfone groups is 1. The second-order valence-electron chi connectivity index (χ2n) is 6.81. The van der Waals surface area contributed by atoms with Crippen LogP contribution in [-0.2, 0) is 9.84 Å². The van der Waals surface area contributed by atoms with E-state index in [0.717, 1.165) is 17.1 Å². The molecule has 2 atom stereocenters. The van der Waals surface area contributed by atoms with Gasteiger partial charge in [0.25, 0.3) is 0 Å². The highest BCUT2D eigenvalue weighted by Gasteiger charge is 2.32. The Morgan fingerprint density at radius 2 is 2.00 bits per heavy atom. The lowest BCUT2D eigenvalue weighted by Gasteiger charge is -2.28. The minimum atomic E-state index is -2.93. The van der Waals surface area contributed by atoms with Gasteiger partial charge in [0.2, 0.25) is 5.95 Å². The Bertz CT molecular complexity index is 855. The molecule has 0 spiro atoms. The van der Waals surface area contributed by atoms with E-state index < -0.39 is 9.84 Å². The van der Waals surface area contributed by atoms with Crippen LogP contribution in [0.25, 0.3) is 0 Å². The Labute approximate surface area is 155 Å². The van der Waals surface area contributed by atoms with E-state index in [0.29, 0.717) is 18.9 Å². The summed E-state index contributed by atoms with van der Waals surface area (Å²) < 4.78 is 23.7. The van der Waals surface area contributed by atoms with Crippen molar-refractivity contribution < 1.29 is 8.42 Å². The Balaban J connectivity index is 1.82. The third kappa shape index (κ3) is 4.33. The van der Waals surface area contributed by atoms with E-state index in [1.54, 1.807) is 0 Å². The van der Waals surface area contributed by atoms with Gasteiger partial charge >= 0.3 is 0 Å². The number of nitrogens with one attached hydrogen (secondary N) is 1. The first-order valence-corrected chi connectivity index (χ1v) is 10.8. The second-order valence-corrected chi connectivity index (χ2v) is 9.04. The molecule has 2 unspecified atom stereocenters. The van der Waals surface area contributed by atoms with Crippen LogP contribution in [-0.4, -0.2) is 42.5 Å². The fraction of sp³-hybridized carbons (Fsp3) is 0.474. The summed E-state index contributed by atoms with van der Waals surface area (Å²) in [5, 5.41) is 3.36. The van der Waals surface area contributed by atoms with E-state index in [9.17, 15) is 8.42 Å². The van der Waals surface area contributed by atoms with Crippen LogP contribution < -0.4 is 10.2 Å². The van der Waals surface area contributed by atoms with Gasteiger partial charge in [-0.1, -0.05) is 30.3 Å². The maximum atomic E-state index is 11.9. The molecule has 140 valence electrons. The first-order valence-electron chi connectivity index (χ1n) is 9.02. The number of benzene rings is 1. The van der Waals surface area contributed by atoms with Crippen molar-refractivity contribution in [1.29, 1.82) is 0 Å². The van der Waals surface area contributed by atoms with Crippen LogP contribution >= 0.6 is 0 Å². The molecule has 1 aromatic heterocycles. The van der Waals surface area contributed by atoms with Crippen molar-refractivity contribution in [1.82, 2.24) is 9.97 Å². The van der Waals surface area contributed by atoms with Gasteiger partial charge in [-0.2, -0.15) is 4.98 Å². The van der Waals surface area contributed by atoms with Gasteiger partial charge in [0.1, 0.15) is 5.82 Å². The average molecular weight is 375 g/mol. The Kier molecular flexibility index (Phi) is 5.46. The highest BCUT2D eigenvalue weighted by Crippen LogP contribution is 2.25. The number of rotatable bonds is 6. The van der Waals surface area contributed by atoms with Crippen LogP contribution in [0.2, 0.25) is 0 Å². The number of anilines is 2. The lowest BCUT2D eigenvalue weighted by molar-refractivity contribution is 0.599. The van der Waals surface area contributed by atoms with E-state index in [1.807, 2.05) is 38.1 Å². The van der Waals surface area contributed by atoms with Crippen LogP contribution in [0, 0.1) is 6.92 Å². The van der Waals surface area contributed by atoms with Gasteiger partial charge in [-0.15, -0.1) is 0 Å². The van der Waals surface area contributed by atoms with Crippen LogP contribution in [0.4, 0.5) is 11.8 Å². The summed E-state index contributed by atoms with van der Waals surface area (Å²) >= 11 is 0. The molecule has 1 aromatic carbocycles. The van der Waals surface area contributed by atoms with Gasteiger partial charge in [0, 0.05) is 24.3 Å². The van der Waals surface area contributed by atoms with Gasteiger partial charge in [-0.25, -0.2) is 13.4 Å². The molecule has 0 bridgehead atoms. The summed E-state index contributed by atoms with van der Waals surface area (Å²) in [6.45, 7) is 6.75. The first-order chi connectivity index (χ1) is 12.4. The quantitative estimate of drug-likeness (QED) is 0.838. The normalized spacial score (nSPS) is 19.9. The molecule has 0 aliphatic carbocycles. The molecule has 1 aliphatic heterocycles. The van der Waals surface area contributed by atoms with Crippen molar-refractivity contribution in [2.75, 3.05) is 28.3 Å².